The molecule has 1 amide bonds. The van der Waals surface area contributed by atoms with Crippen molar-refractivity contribution in [2.75, 3.05) is 5.73 Å². The summed E-state index contributed by atoms with van der Waals surface area (Å²) >= 11 is 0. The molecule has 1 aliphatic heterocycles. The molecule has 3 rings (SSSR count). The number of nitrogens with one attached hydrogen (secondary N) is 1. The average Bonchev–Trinajstić information content (AvgIpc) is 2.48. The van der Waals surface area contributed by atoms with Crippen molar-refractivity contribution >= 4 is 24.0 Å². The minimum atomic E-state index is -0.336. The molecule has 0 radical (unpaired) electrons. The van der Waals surface area contributed by atoms with Gasteiger partial charge < -0.3 is 15.8 Å². The van der Waals surface area contributed by atoms with Crippen LogP contribution in [0.5, 0.6) is 5.75 Å². The molecular formula is C18H21ClN2O2. The van der Waals surface area contributed by atoms with Crippen LogP contribution in [0.3, 0.4) is 0 Å². The largest absolute Gasteiger partial charge is 0.487 e. The van der Waals surface area contributed by atoms with Crippen LogP contribution < -0.4 is 15.8 Å². The third kappa shape index (κ3) is 3.77. The Labute approximate surface area is 142 Å². The zero-order valence-corrected chi connectivity index (χ0v) is 14.0. The number of nitrogens with two attached hydrogens (primary N) is 1. The number of benzene rings is 2. The maximum Gasteiger partial charge on any atom is 0.251 e. The predicted octanol–water partition coefficient (Wildman–Crippen LogP) is 3.72. The fraction of sp³-hybridized carbons (Fsp3) is 0.278. The summed E-state index contributed by atoms with van der Waals surface area (Å²) in [6.45, 7) is 4.04. The fourth-order valence-corrected chi connectivity index (χ4v) is 2.83. The molecule has 0 aliphatic carbocycles. The molecule has 122 valence electrons. The number of hydrogen-bond donors (Lipinski definition) is 2. The van der Waals surface area contributed by atoms with Gasteiger partial charge in [-0.15, -0.1) is 12.4 Å². The average molecular weight is 333 g/mol. The van der Waals surface area contributed by atoms with Crippen LogP contribution in [-0.4, -0.2) is 11.5 Å². The molecule has 0 aromatic heterocycles. The molecule has 0 fully saturated rings. The van der Waals surface area contributed by atoms with Crippen molar-refractivity contribution in [1.82, 2.24) is 5.32 Å². The van der Waals surface area contributed by atoms with Crippen LogP contribution in [0.25, 0.3) is 0 Å². The van der Waals surface area contributed by atoms with E-state index in [0.717, 1.165) is 11.3 Å². The van der Waals surface area contributed by atoms with Gasteiger partial charge in [0, 0.05) is 23.2 Å². The lowest BCUT2D eigenvalue weighted by atomic mass is 9.89. The van der Waals surface area contributed by atoms with E-state index >= 15 is 0 Å². The van der Waals surface area contributed by atoms with E-state index in [2.05, 4.69) is 5.32 Å². The molecule has 2 aromatic carbocycles. The highest BCUT2D eigenvalue weighted by atomic mass is 35.5. The summed E-state index contributed by atoms with van der Waals surface area (Å²) in [6.07, 6.45) is 0.696. The number of amides is 1. The minimum Gasteiger partial charge on any atom is -0.487 e. The lowest BCUT2D eigenvalue weighted by Crippen LogP contribution is -2.41. The first-order valence-electron chi connectivity index (χ1n) is 7.39. The highest BCUT2D eigenvalue weighted by molar-refractivity contribution is 5.94. The number of nitrogen functional groups attached to an aromatic ring is 1. The number of rotatable bonds is 2. The number of carbonyl (C=O) groups excluding carboxylic acids is 1. The van der Waals surface area contributed by atoms with E-state index in [1.165, 1.54) is 0 Å². The van der Waals surface area contributed by atoms with Crippen LogP contribution in [0.15, 0.2) is 48.5 Å². The van der Waals surface area contributed by atoms with E-state index in [-0.39, 0.29) is 30.0 Å². The standard InChI is InChI=1S/C18H20N2O2.ClH/c1-18(2)11-15(14-10-13(19)8-9-16(14)22-18)20-17(21)12-6-4-3-5-7-12;/h3-10,15H,11,19H2,1-2H3,(H,20,21);1H. The van der Waals surface area contributed by atoms with E-state index in [0.29, 0.717) is 17.7 Å². The summed E-state index contributed by atoms with van der Waals surface area (Å²) in [5, 5.41) is 3.10. The first-order chi connectivity index (χ1) is 10.4. The second-order valence-corrected chi connectivity index (χ2v) is 6.26. The SMILES string of the molecule is CC1(C)CC(NC(=O)c2ccccc2)c2cc(N)ccc2O1.Cl. The Bertz CT molecular complexity index is 701. The summed E-state index contributed by atoms with van der Waals surface area (Å²) in [5.74, 6) is 0.695. The van der Waals surface area contributed by atoms with Gasteiger partial charge in [-0.25, -0.2) is 0 Å². The van der Waals surface area contributed by atoms with Gasteiger partial charge in [0.1, 0.15) is 11.4 Å². The fourth-order valence-electron chi connectivity index (χ4n) is 2.83. The van der Waals surface area contributed by atoms with E-state index in [1.807, 2.05) is 50.2 Å². The van der Waals surface area contributed by atoms with Crippen LogP contribution in [0.1, 0.15) is 42.2 Å². The van der Waals surface area contributed by atoms with Gasteiger partial charge in [0.15, 0.2) is 0 Å². The topological polar surface area (TPSA) is 64.4 Å². The Balaban J connectivity index is 0.00000192. The minimum absolute atomic E-state index is 0. The highest BCUT2D eigenvalue weighted by Gasteiger charge is 2.34. The lowest BCUT2D eigenvalue weighted by molar-refractivity contribution is 0.0620. The van der Waals surface area contributed by atoms with Gasteiger partial charge in [-0.3, -0.25) is 4.79 Å². The summed E-state index contributed by atoms with van der Waals surface area (Å²) < 4.78 is 5.98. The van der Waals surface area contributed by atoms with Gasteiger partial charge in [0.25, 0.3) is 5.91 Å². The van der Waals surface area contributed by atoms with Crippen LogP contribution in [-0.2, 0) is 0 Å². The zero-order valence-electron chi connectivity index (χ0n) is 13.2. The van der Waals surface area contributed by atoms with Gasteiger partial charge >= 0.3 is 0 Å². The first-order valence-corrected chi connectivity index (χ1v) is 7.39. The van der Waals surface area contributed by atoms with Gasteiger partial charge in [-0.1, -0.05) is 18.2 Å². The predicted molar refractivity (Wildman–Crippen MR) is 94.1 cm³/mol. The summed E-state index contributed by atoms with van der Waals surface area (Å²) in [4.78, 5) is 12.4. The number of fused-ring (bicyclic) bond motifs is 1. The lowest BCUT2D eigenvalue weighted by Gasteiger charge is -2.38. The Morgan fingerprint density at radius 3 is 2.61 bits per heavy atom. The molecule has 3 N–H and O–H groups in total. The van der Waals surface area contributed by atoms with Crippen molar-refractivity contribution in [3.63, 3.8) is 0 Å². The molecule has 5 heteroatoms. The molecule has 1 aliphatic rings. The third-order valence-corrected chi connectivity index (χ3v) is 3.83. The molecule has 4 nitrogen and oxygen atoms in total. The van der Waals surface area contributed by atoms with E-state index < -0.39 is 0 Å². The van der Waals surface area contributed by atoms with Crippen molar-refractivity contribution in [3.8, 4) is 5.75 Å². The van der Waals surface area contributed by atoms with E-state index in [1.54, 1.807) is 12.1 Å². The molecule has 0 saturated carbocycles. The number of halogens is 1. The number of carbonyl (C=O) groups is 1. The van der Waals surface area contributed by atoms with E-state index in [4.69, 9.17) is 10.5 Å². The maximum absolute atomic E-state index is 12.4. The molecule has 1 heterocycles. The van der Waals surface area contributed by atoms with Crippen LogP contribution >= 0.6 is 12.4 Å². The Hall–Kier alpha value is -2.20. The van der Waals surface area contributed by atoms with Crippen LogP contribution in [0, 0.1) is 0 Å². The second kappa shape index (κ2) is 6.50. The molecule has 1 unspecified atom stereocenters. The third-order valence-electron chi connectivity index (χ3n) is 3.83. The van der Waals surface area contributed by atoms with Crippen LogP contribution in [0.2, 0.25) is 0 Å². The van der Waals surface area contributed by atoms with Gasteiger partial charge in [0.05, 0.1) is 6.04 Å². The molecule has 23 heavy (non-hydrogen) atoms. The highest BCUT2D eigenvalue weighted by Crippen LogP contribution is 2.40. The Morgan fingerprint density at radius 2 is 1.91 bits per heavy atom. The number of anilines is 1. The number of ether oxygens (including phenoxy) is 1. The van der Waals surface area contributed by atoms with Gasteiger partial charge in [-0.2, -0.15) is 0 Å². The molecule has 0 bridgehead atoms. The van der Waals surface area contributed by atoms with Crippen molar-refractivity contribution in [3.05, 3.63) is 59.7 Å². The normalized spacial score (nSPS) is 18.1. The van der Waals surface area contributed by atoms with E-state index in [9.17, 15) is 4.79 Å². The quantitative estimate of drug-likeness (QED) is 0.824. The molecule has 0 spiro atoms. The number of hydrogen-bond acceptors (Lipinski definition) is 3. The van der Waals surface area contributed by atoms with Gasteiger partial charge in [-0.05, 0) is 44.2 Å². The zero-order chi connectivity index (χ0) is 15.7. The van der Waals surface area contributed by atoms with Gasteiger partial charge in [0.2, 0.25) is 0 Å². The van der Waals surface area contributed by atoms with Crippen molar-refractivity contribution in [1.29, 1.82) is 0 Å². The summed E-state index contributed by atoms with van der Waals surface area (Å²) in [6, 6.07) is 14.7. The first kappa shape index (κ1) is 17.2. The van der Waals surface area contributed by atoms with Crippen molar-refractivity contribution in [2.45, 2.75) is 31.9 Å². The molecule has 0 saturated heterocycles. The molecule has 1 atom stereocenters. The Morgan fingerprint density at radius 1 is 1.22 bits per heavy atom. The van der Waals surface area contributed by atoms with Crippen LogP contribution in [0.4, 0.5) is 5.69 Å². The van der Waals surface area contributed by atoms with Crippen molar-refractivity contribution < 1.29 is 9.53 Å². The molecular weight excluding hydrogens is 312 g/mol. The molecule has 2 aromatic rings. The second-order valence-electron chi connectivity index (χ2n) is 6.26. The Kier molecular flexibility index (Phi) is 4.85. The summed E-state index contributed by atoms with van der Waals surface area (Å²) in [7, 11) is 0. The summed E-state index contributed by atoms with van der Waals surface area (Å²) in [5.41, 5.74) is 7.80. The van der Waals surface area contributed by atoms with Crippen molar-refractivity contribution in [2.24, 2.45) is 0 Å². The smallest absolute Gasteiger partial charge is 0.251 e. The maximum atomic E-state index is 12.4. The monoisotopic (exact) mass is 332 g/mol.